The van der Waals surface area contributed by atoms with Crippen molar-refractivity contribution < 1.29 is 4.79 Å². The third kappa shape index (κ3) is 2.57. The number of alkyl halides is 1. The average Bonchev–Trinajstić information content (AvgIpc) is 2.95. The van der Waals surface area contributed by atoms with Gasteiger partial charge in [-0.05, 0) is 29.7 Å². The van der Waals surface area contributed by atoms with Crippen LogP contribution in [0.5, 0.6) is 0 Å². The van der Waals surface area contributed by atoms with E-state index in [1.165, 1.54) is 22.5 Å². The van der Waals surface area contributed by atoms with E-state index in [1.54, 1.807) is 12.1 Å². The Morgan fingerprint density at radius 1 is 1.32 bits per heavy atom. The summed E-state index contributed by atoms with van der Waals surface area (Å²) in [5, 5.41) is 3.08. The number of nitrogens with one attached hydrogen (secondary N) is 1. The molecule has 19 heavy (non-hydrogen) atoms. The number of hydrogen-bond acceptors (Lipinski definition) is 2. The molecular formula is C14H11BrClNOS. The Labute approximate surface area is 128 Å². The highest BCUT2D eigenvalue weighted by atomic mass is 79.9. The predicted molar refractivity (Wildman–Crippen MR) is 82.4 cm³/mol. The molecule has 1 aliphatic rings. The smallest absolute Gasteiger partial charge is 0.261 e. The lowest BCUT2D eigenvalue weighted by Gasteiger charge is -2.17. The van der Waals surface area contributed by atoms with Gasteiger partial charge in [-0.15, -0.1) is 11.3 Å². The molecule has 0 radical (unpaired) electrons. The van der Waals surface area contributed by atoms with Crippen LogP contribution in [0.1, 0.15) is 26.8 Å². The molecule has 0 fully saturated rings. The van der Waals surface area contributed by atoms with Crippen molar-refractivity contribution in [2.24, 2.45) is 0 Å². The zero-order valence-corrected chi connectivity index (χ0v) is 13.1. The number of fused-ring (bicyclic) bond motifs is 1. The summed E-state index contributed by atoms with van der Waals surface area (Å²) in [6, 6.07) is 11.7. The van der Waals surface area contributed by atoms with Crippen molar-refractivity contribution in [3.05, 3.63) is 56.7 Å². The van der Waals surface area contributed by atoms with Crippen LogP contribution in [0.2, 0.25) is 4.34 Å². The molecule has 2 unspecified atom stereocenters. The molecule has 1 amide bonds. The molecule has 1 aliphatic carbocycles. The highest BCUT2D eigenvalue weighted by molar-refractivity contribution is 9.09. The molecule has 1 aromatic heterocycles. The summed E-state index contributed by atoms with van der Waals surface area (Å²) in [6.07, 6.45) is 0.937. The number of carbonyl (C=O) groups excluding carboxylic acids is 1. The average molecular weight is 357 g/mol. The molecule has 2 atom stereocenters. The number of benzene rings is 1. The largest absolute Gasteiger partial charge is 0.343 e. The fourth-order valence-corrected chi connectivity index (χ4v) is 4.08. The lowest BCUT2D eigenvalue weighted by Crippen LogP contribution is -2.31. The van der Waals surface area contributed by atoms with Gasteiger partial charge in [-0.1, -0.05) is 51.8 Å². The third-order valence-electron chi connectivity index (χ3n) is 3.25. The van der Waals surface area contributed by atoms with Gasteiger partial charge in [0.1, 0.15) is 0 Å². The zero-order valence-electron chi connectivity index (χ0n) is 9.90. The number of carbonyl (C=O) groups is 1. The fraction of sp³-hybridized carbons (Fsp3) is 0.214. The monoisotopic (exact) mass is 355 g/mol. The maximum absolute atomic E-state index is 12.2. The van der Waals surface area contributed by atoms with E-state index in [1.807, 2.05) is 12.1 Å². The molecule has 0 spiro atoms. The van der Waals surface area contributed by atoms with E-state index in [-0.39, 0.29) is 16.8 Å². The van der Waals surface area contributed by atoms with Crippen molar-refractivity contribution in [1.29, 1.82) is 0 Å². The molecule has 0 saturated heterocycles. The van der Waals surface area contributed by atoms with Gasteiger partial charge in [-0.25, -0.2) is 0 Å². The fourth-order valence-electron chi connectivity index (χ4n) is 2.36. The topological polar surface area (TPSA) is 29.1 Å². The molecule has 1 heterocycles. The molecule has 0 saturated carbocycles. The SMILES string of the molecule is O=C(NC1c2ccccc2CC1Br)c1ccc(Cl)s1. The Morgan fingerprint density at radius 3 is 2.84 bits per heavy atom. The number of thiophene rings is 1. The number of amides is 1. The zero-order chi connectivity index (χ0) is 13.4. The minimum absolute atomic E-state index is 0.0181. The van der Waals surface area contributed by atoms with Gasteiger partial charge in [-0.2, -0.15) is 0 Å². The normalized spacial score (nSPS) is 21.2. The summed E-state index contributed by atoms with van der Waals surface area (Å²) in [6.45, 7) is 0. The Bertz CT molecular complexity index is 627. The highest BCUT2D eigenvalue weighted by Gasteiger charge is 2.31. The summed E-state index contributed by atoms with van der Waals surface area (Å²) in [5.41, 5.74) is 2.49. The first-order chi connectivity index (χ1) is 9.15. The molecule has 0 aliphatic heterocycles. The lowest BCUT2D eigenvalue weighted by atomic mass is 10.1. The maximum atomic E-state index is 12.2. The van der Waals surface area contributed by atoms with Crippen molar-refractivity contribution in [3.8, 4) is 0 Å². The van der Waals surface area contributed by atoms with Crippen LogP contribution in [0.15, 0.2) is 36.4 Å². The third-order valence-corrected chi connectivity index (χ3v) is 5.33. The second-order valence-electron chi connectivity index (χ2n) is 4.47. The standard InChI is InChI=1S/C14H11BrClNOS/c15-10-7-8-3-1-2-4-9(8)13(10)17-14(18)11-5-6-12(16)19-11/h1-6,10,13H,7H2,(H,17,18). The van der Waals surface area contributed by atoms with Crippen LogP contribution >= 0.6 is 38.9 Å². The Hall–Kier alpha value is -0.840. The van der Waals surface area contributed by atoms with Crippen LogP contribution < -0.4 is 5.32 Å². The number of rotatable bonds is 2. The van der Waals surface area contributed by atoms with Crippen LogP contribution in [-0.4, -0.2) is 10.7 Å². The second kappa shape index (κ2) is 5.27. The first-order valence-electron chi connectivity index (χ1n) is 5.93. The summed E-state index contributed by atoms with van der Waals surface area (Å²) < 4.78 is 0.632. The maximum Gasteiger partial charge on any atom is 0.261 e. The van der Waals surface area contributed by atoms with Gasteiger partial charge in [0.2, 0.25) is 0 Å². The molecule has 98 valence electrons. The second-order valence-corrected chi connectivity index (χ2v) is 7.37. The van der Waals surface area contributed by atoms with E-state index < -0.39 is 0 Å². The molecule has 5 heteroatoms. The van der Waals surface area contributed by atoms with E-state index in [2.05, 4.69) is 33.4 Å². The Morgan fingerprint density at radius 2 is 2.11 bits per heavy atom. The Kier molecular flexibility index (Phi) is 3.65. The summed E-state index contributed by atoms with van der Waals surface area (Å²) in [5.74, 6) is -0.0666. The predicted octanol–water partition coefficient (Wildman–Crippen LogP) is 4.19. The van der Waals surface area contributed by atoms with Crippen LogP contribution in [0.3, 0.4) is 0 Å². The summed E-state index contributed by atoms with van der Waals surface area (Å²) in [4.78, 5) is 13.1. The van der Waals surface area contributed by atoms with E-state index in [4.69, 9.17) is 11.6 Å². The van der Waals surface area contributed by atoms with Gasteiger partial charge >= 0.3 is 0 Å². The van der Waals surface area contributed by atoms with Gasteiger partial charge in [-0.3, -0.25) is 4.79 Å². The van der Waals surface area contributed by atoms with Crippen LogP contribution in [0.25, 0.3) is 0 Å². The summed E-state index contributed by atoms with van der Waals surface area (Å²) in [7, 11) is 0. The first-order valence-corrected chi connectivity index (χ1v) is 8.04. The van der Waals surface area contributed by atoms with Gasteiger partial charge in [0.25, 0.3) is 5.91 Å². The molecular weight excluding hydrogens is 346 g/mol. The van der Waals surface area contributed by atoms with Gasteiger partial charge < -0.3 is 5.32 Å². The van der Waals surface area contributed by atoms with Crippen LogP contribution in [-0.2, 0) is 6.42 Å². The number of hydrogen-bond donors (Lipinski definition) is 1. The van der Waals surface area contributed by atoms with Crippen molar-refractivity contribution in [2.45, 2.75) is 17.3 Å². The highest BCUT2D eigenvalue weighted by Crippen LogP contribution is 2.36. The van der Waals surface area contributed by atoms with E-state index in [0.717, 1.165) is 6.42 Å². The molecule has 2 aromatic rings. The summed E-state index contributed by atoms with van der Waals surface area (Å²) >= 11 is 10.8. The van der Waals surface area contributed by atoms with Crippen molar-refractivity contribution in [2.75, 3.05) is 0 Å². The molecule has 2 nitrogen and oxygen atoms in total. The van der Waals surface area contributed by atoms with Crippen LogP contribution in [0.4, 0.5) is 0 Å². The van der Waals surface area contributed by atoms with E-state index in [9.17, 15) is 4.79 Å². The van der Waals surface area contributed by atoms with Crippen LogP contribution in [0, 0.1) is 0 Å². The quantitative estimate of drug-likeness (QED) is 0.803. The molecule has 1 aromatic carbocycles. The molecule has 0 bridgehead atoms. The van der Waals surface area contributed by atoms with Crippen molar-refractivity contribution in [1.82, 2.24) is 5.32 Å². The van der Waals surface area contributed by atoms with Crippen molar-refractivity contribution in [3.63, 3.8) is 0 Å². The van der Waals surface area contributed by atoms with E-state index in [0.29, 0.717) is 9.21 Å². The van der Waals surface area contributed by atoms with Gasteiger partial charge in [0.15, 0.2) is 0 Å². The minimum Gasteiger partial charge on any atom is -0.343 e. The minimum atomic E-state index is -0.0666. The van der Waals surface area contributed by atoms with E-state index >= 15 is 0 Å². The van der Waals surface area contributed by atoms with Crippen molar-refractivity contribution >= 4 is 44.8 Å². The van der Waals surface area contributed by atoms with Gasteiger partial charge in [0, 0.05) is 4.83 Å². The Balaban J connectivity index is 1.82. The van der Waals surface area contributed by atoms with Gasteiger partial charge in [0.05, 0.1) is 15.3 Å². The first kappa shape index (κ1) is 13.2. The number of halogens is 2. The molecule has 1 N–H and O–H groups in total. The lowest BCUT2D eigenvalue weighted by molar-refractivity contribution is 0.0942. The molecule has 3 rings (SSSR count).